The van der Waals surface area contributed by atoms with E-state index >= 15 is 0 Å². The number of halogens is 1. The Labute approximate surface area is 117 Å². The summed E-state index contributed by atoms with van der Waals surface area (Å²) in [6.45, 7) is 7.36. The Kier molecular flexibility index (Phi) is 4.07. The first-order chi connectivity index (χ1) is 8.56. The molecule has 2 rings (SSSR count). The van der Waals surface area contributed by atoms with Gasteiger partial charge in [0.05, 0.1) is 0 Å². The standard InChI is InChI=1S/C16H18BrN/c1-11-7-13(3)14(8-12(11)2)10-18-16-6-4-5-15(17)9-16/h4-9,18H,10H2,1-3H3. The molecule has 1 N–H and O–H groups in total. The molecule has 0 spiro atoms. The van der Waals surface area contributed by atoms with Crippen molar-refractivity contribution >= 4 is 21.6 Å². The molecular weight excluding hydrogens is 286 g/mol. The summed E-state index contributed by atoms with van der Waals surface area (Å²) < 4.78 is 1.10. The fourth-order valence-electron chi connectivity index (χ4n) is 2.01. The normalized spacial score (nSPS) is 10.4. The first-order valence-electron chi connectivity index (χ1n) is 6.12. The third kappa shape index (κ3) is 3.14. The molecular formula is C16H18BrN. The lowest BCUT2D eigenvalue weighted by atomic mass is 10.0. The Bertz CT molecular complexity index is 561. The van der Waals surface area contributed by atoms with Gasteiger partial charge in [0, 0.05) is 16.7 Å². The Balaban J connectivity index is 2.13. The molecule has 0 aliphatic rings. The van der Waals surface area contributed by atoms with Crippen LogP contribution >= 0.6 is 15.9 Å². The second-order valence-corrected chi connectivity index (χ2v) is 5.64. The van der Waals surface area contributed by atoms with Crippen molar-refractivity contribution < 1.29 is 0 Å². The number of aryl methyl sites for hydroxylation is 3. The molecule has 0 saturated carbocycles. The van der Waals surface area contributed by atoms with E-state index in [4.69, 9.17) is 0 Å². The molecule has 0 heterocycles. The van der Waals surface area contributed by atoms with E-state index in [2.05, 4.69) is 66.3 Å². The van der Waals surface area contributed by atoms with E-state index in [9.17, 15) is 0 Å². The van der Waals surface area contributed by atoms with Crippen LogP contribution in [0.5, 0.6) is 0 Å². The molecule has 0 fully saturated rings. The molecule has 0 atom stereocenters. The summed E-state index contributed by atoms with van der Waals surface area (Å²) in [5.74, 6) is 0. The van der Waals surface area contributed by atoms with Crippen LogP contribution in [0.4, 0.5) is 5.69 Å². The summed E-state index contributed by atoms with van der Waals surface area (Å²) in [5, 5.41) is 3.46. The zero-order valence-corrected chi connectivity index (χ0v) is 12.6. The van der Waals surface area contributed by atoms with Crippen LogP contribution in [0.1, 0.15) is 22.3 Å². The van der Waals surface area contributed by atoms with E-state index in [0.717, 1.165) is 16.7 Å². The maximum absolute atomic E-state index is 3.48. The molecule has 0 saturated heterocycles. The highest BCUT2D eigenvalue weighted by Crippen LogP contribution is 2.19. The molecule has 0 aromatic heterocycles. The van der Waals surface area contributed by atoms with Gasteiger partial charge in [0.1, 0.15) is 0 Å². The van der Waals surface area contributed by atoms with Crippen molar-refractivity contribution in [1.29, 1.82) is 0 Å². The highest BCUT2D eigenvalue weighted by Gasteiger charge is 2.02. The van der Waals surface area contributed by atoms with Gasteiger partial charge in [0.2, 0.25) is 0 Å². The lowest BCUT2D eigenvalue weighted by Gasteiger charge is -2.12. The molecule has 0 unspecified atom stereocenters. The second kappa shape index (κ2) is 5.57. The van der Waals surface area contributed by atoms with E-state index < -0.39 is 0 Å². The molecule has 0 radical (unpaired) electrons. The van der Waals surface area contributed by atoms with E-state index in [1.807, 2.05) is 12.1 Å². The number of hydrogen-bond acceptors (Lipinski definition) is 1. The van der Waals surface area contributed by atoms with Crippen LogP contribution in [0.15, 0.2) is 40.9 Å². The predicted molar refractivity (Wildman–Crippen MR) is 82.1 cm³/mol. The van der Waals surface area contributed by atoms with Gasteiger partial charge in [0.25, 0.3) is 0 Å². The van der Waals surface area contributed by atoms with Crippen LogP contribution in [0.25, 0.3) is 0 Å². The molecule has 0 aliphatic carbocycles. The first kappa shape index (κ1) is 13.2. The van der Waals surface area contributed by atoms with Crippen LogP contribution in [0.2, 0.25) is 0 Å². The zero-order valence-electron chi connectivity index (χ0n) is 11.0. The molecule has 0 bridgehead atoms. The maximum atomic E-state index is 3.48. The molecule has 2 aromatic carbocycles. The van der Waals surface area contributed by atoms with E-state index in [0.29, 0.717) is 0 Å². The van der Waals surface area contributed by atoms with Gasteiger partial charge in [-0.05, 0) is 61.2 Å². The number of hydrogen-bond donors (Lipinski definition) is 1. The highest BCUT2D eigenvalue weighted by molar-refractivity contribution is 9.10. The monoisotopic (exact) mass is 303 g/mol. The topological polar surface area (TPSA) is 12.0 Å². The van der Waals surface area contributed by atoms with Crippen LogP contribution in [0, 0.1) is 20.8 Å². The van der Waals surface area contributed by atoms with Crippen LogP contribution in [-0.2, 0) is 6.54 Å². The van der Waals surface area contributed by atoms with Crippen molar-refractivity contribution in [2.45, 2.75) is 27.3 Å². The molecule has 2 aromatic rings. The van der Waals surface area contributed by atoms with Crippen molar-refractivity contribution in [3.63, 3.8) is 0 Å². The van der Waals surface area contributed by atoms with Gasteiger partial charge < -0.3 is 5.32 Å². The summed E-state index contributed by atoms with van der Waals surface area (Å²) in [6.07, 6.45) is 0. The van der Waals surface area contributed by atoms with Crippen LogP contribution in [-0.4, -0.2) is 0 Å². The van der Waals surface area contributed by atoms with Crippen molar-refractivity contribution in [2.24, 2.45) is 0 Å². The minimum atomic E-state index is 0.864. The van der Waals surface area contributed by atoms with E-state index in [1.54, 1.807) is 0 Å². The third-order valence-corrected chi connectivity index (χ3v) is 3.75. The summed E-state index contributed by atoms with van der Waals surface area (Å²) >= 11 is 3.48. The molecule has 94 valence electrons. The van der Waals surface area contributed by atoms with Gasteiger partial charge in [-0.15, -0.1) is 0 Å². The van der Waals surface area contributed by atoms with Gasteiger partial charge >= 0.3 is 0 Å². The summed E-state index contributed by atoms with van der Waals surface area (Å²) in [5.41, 5.74) is 6.56. The molecule has 0 amide bonds. The van der Waals surface area contributed by atoms with Gasteiger partial charge in [0.15, 0.2) is 0 Å². The second-order valence-electron chi connectivity index (χ2n) is 4.73. The molecule has 0 aliphatic heterocycles. The maximum Gasteiger partial charge on any atom is 0.0403 e. The number of rotatable bonds is 3. The minimum absolute atomic E-state index is 0.864. The van der Waals surface area contributed by atoms with Gasteiger partial charge in [-0.25, -0.2) is 0 Å². The van der Waals surface area contributed by atoms with Gasteiger partial charge in [-0.1, -0.05) is 34.1 Å². The summed E-state index contributed by atoms with van der Waals surface area (Å²) in [6, 6.07) is 12.8. The number of nitrogens with one attached hydrogen (secondary N) is 1. The van der Waals surface area contributed by atoms with Crippen LogP contribution < -0.4 is 5.32 Å². The Morgan fingerprint density at radius 3 is 2.39 bits per heavy atom. The quantitative estimate of drug-likeness (QED) is 0.842. The predicted octanol–water partition coefficient (Wildman–Crippen LogP) is 4.99. The third-order valence-electron chi connectivity index (χ3n) is 3.26. The van der Waals surface area contributed by atoms with Crippen molar-refractivity contribution in [2.75, 3.05) is 5.32 Å². The average Bonchev–Trinajstić information content (AvgIpc) is 2.32. The zero-order chi connectivity index (χ0) is 13.1. The van der Waals surface area contributed by atoms with Crippen molar-refractivity contribution in [1.82, 2.24) is 0 Å². The molecule has 1 nitrogen and oxygen atoms in total. The number of anilines is 1. The fourth-order valence-corrected chi connectivity index (χ4v) is 2.41. The molecule has 18 heavy (non-hydrogen) atoms. The lowest BCUT2D eigenvalue weighted by molar-refractivity contribution is 1.10. The highest BCUT2D eigenvalue weighted by atomic mass is 79.9. The Hall–Kier alpha value is -1.28. The summed E-state index contributed by atoms with van der Waals surface area (Å²) in [7, 11) is 0. The van der Waals surface area contributed by atoms with Crippen molar-refractivity contribution in [3.8, 4) is 0 Å². The minimum Gasteiger partial charge on any atom is -0.381 e. The van der Waals surface area contributed by atoms with E-state index in [-0.39, 0.29) is 0 Å². The lowest BCUT2D eigenvalue weighted by Crippen LogP contribution is -2.02. The van der Waals surface area contributed by atoms with Gasteiger partial charge in [-0.2, -0.15) is 0 Å². The number of benzene rings is 2. The fraction of sp³-hybridized carbons (Fsp3) is 0.250. The van der Waals surface area contributed by atoms with E-state index in [1.165, 1.54) is 22.3 Å². The largest absolute Gasteiger partial charge is 0.381 e. The van der Waals surface area contributed by atoms with Crippen LogP contribution in [0.3, 0.4) is 0 Å². The smallest absolute Gasteiger partial charge is 0.0403 e. The van der Waals surface area contributed by atoms with Crippen molar-refractivity contribution in [3.05, 3.63) is 63.1 Å². The Morgan fingerprint density at radius 2 is 1.67 bits per heavy atom. The SMILES string of the molecule is Cc1cc(C)c(CNc2cccc(Br)c2)cc1C. The molecule has 2 heteroatoms. The van der Waals surface area contributed by atoms with Gasteiger partial charge in [-0.3, -0.25) is 0 Å². The first-order valence-corrected chi connectivity index (χ1v) is 6.92. The Morgan fingerprint density at radius 1 is 0.944 bits per heavy atom. The summed E-state index contributed by atoms with van der Waals surface area (Å²) in [4.78, 5) is 0. The average molecular weight is 304 g/mol.